The first-order valence-corrected chi connectivity index (χ1v) is 6.00. The van der Waals surface area contributed by atoms with Crippen molar-refractivity contribution in [1.82, 2.24) is 0 Å². The smallest absolute Gasteiger partial charge is 0.0833 e. The van der Waals surface area contributed by atoms with Crippen LogP contribution in [0.4, 0.5) is 0 Å². The van der Waals surface area contributed by atoms with Gasteiger partial charge in [-0.25, -0.2) is 0 Å². The molecule has 0 radical (unpaired) electrons. The molecule has 0 amide bonds. The van der Waals surface area contributed by atoms with Crippen LogP contribution in [0.3, 0.4) is 0 Å². The molecule has 0 aromatic heterocycles. The molecule has 2 heteroatoms. The maximum absolute atomic E-state index is 9.79. The molecule has 1 aliphatic carbocycles. The zero-order chi connectivity index (χ0) is 10.4. The fourth-order valence-electron chi connectivity index (χ4n) is 1.90. The van der Waals surface area contributed by atoms with Gasteiger partial charge in [-0.3, -0.25) is 0 Å². The predicted octanol–water partition coefficient (Wildman–Crippen LogP) is 2.74. The predicted molar refractivity (Wildman–Crippen MR) is 58.3 cm³/mol. The quantitative estimate of drug-likeness (QED) is 0.707. The lowest BCUT2D eigenvalue weighted by molar-refractivity contribution is -0.0430. The third kappa shape index (κ3) is 4.43. The van der Waals surface area contributed by atoms with Gasteiger partial charge in [-0.05, 0) is 25.2 Å². The van der Waals surface area contributed by atoms with Crippen molar-refractivity contribution >= 4 is 0 Å². The van der Waals surface area contributed by atoms with Gasteiger partial charge in [-0.15, -0.1) is 0 Å². The minimum absolute atomic E-state index is 0.108. The standard InChI is InChI=1S/C12H24O2/c1-10(2)8-9-14-12-7-5-3-4-6-11(12)13/h10-13H,3-9H2,1-2H3. The van der Waals surface area contributed by atoms with Crippen LogP contribution in [0.25, 0.3) is 0 Å². The number of hydrogen-bond donors (Lipinski definition) is 1. The molecule has 0 saturated heterocycles. The van der Waals surface area contributed by atoms with Crippen LogP contribution in [0.2, 0.25) is 0 Å². The van der Waals surface area contributed by atoms with Gasteiger partial charge in [0.2, 0.25) is 0 Å². The van der Waals surface area contributed by atoms with E-state index in [4.69, 9.17) is 4.74 Å². The second-order valence-electron chi connectivity index (χ2n) is 4.80. The lowest BCUT2D eigenvalue weighted by Gasteiger charge is -2.21. The third-order valence-corrected chi connectivity index (χ3v) is 2.94. The highest BCUT2D eigenvalue weighted by Crippen LogP contribution is 2.20. The van der Waals surface area contributed by atoms with Crippen molar-refractivity contribution in [1.29, 1.82) is 0 Å². The summed E-state index contributed by atoms with van der Waals surface area (Å²) in [5.41, 5.74) is 0. The molecule has 0 bridgehead atoms. The van der Waals surface area contributed by atoms with E-state index in [1.807, 2.05) is 0 Å². The molecule has 84 valence electrons. The van der Waals surface area contributed by atoms with Crippen LogP contribution in [0.5, 0.6) is 0 Å². The summed E-state index contributed by atoms with van der Waals surface area (Å²) in [6, 6.07) is 0. The summed E-state index contributed by atoms with van der Waals surface area (Å²) in [5.74, 6) is 0.693. The molecule has 1 N–H and O–H groups in total. The van der Waals surface area contributed by atoms with Gasteiger partial charge in [-0.2, -0.15) is 0 Å². The Kier molecular flexibility index (Phi) is 5.49. The zero-order valence-corrected chi connectivity index (χ0v) is 9.54. The average molecular weight is 200 g/mol. The lowest BCUT2D eigenvalue weighted by atomic mass is 10.1. The van der Waals surface area contributed by atoms with Gasteiger partial charge in [-0.1, -0.05) is 33.1 Å². The molecule has 0 aromatic rings. The molecule has 1 rings (SSSR count). The normalized spacial score (nSPS) is 29.1. The Bertz CT molecular complexity index is 145. The summed E-state index contributed by atoms with van der Waals surface area (Å²) in [5, 5.41) is 9.79. The largest absolute Gasteiger partial charge is 0.390 e. The van der Waals surface area contributed by atoms with Crippen LogP contribution < -0.4 is 0 Å². The molecule has 0 aromatic carbocycles. The lowest BCUT2D eigenvalue weighted by Crippen LogP contribution is -2.28. The number of aliphatic hydroxyl groups is 1. The molecular formula is C12H24O2. The summed E-state index contributed by atoms with van der Waals surface area (Å²) >= 11 is 0. The van der Waals surface area contributed by atoms with Crippen molar-refractivity contribution < 1.29 is 9.84 Å². The van der Waals surface area contributed by atoms with Crippen LogP contribution in [0.1, 0.15) is 52.4 Å². The molecule has 1 fully saturated rings. The Balaban J connectivity index is 2.19. The fraction of sp³-hybridized carbons (Fsp3) is 1.00. The van der Waals surface area contributed by atoms with Gasteiger partial charge in [0.15, 0.2) is 0 Å². The van der Waals surface area contributed by atoms with Crippen LogP contribution in [-0.4, -0.2) is 23.9 Å². The summed E-state index contributed by atoms with van der Waals surface area (Å²) in [4.78, 5) is 0. The topological polar surface area (TPSA) is 29.5 Å². The van der Waals surface area contributed by atoms with E-state index in [0.29, 0.717) is 5.92 Å². The van der Waals surface area contributed by atoms with E-state index in [9.17, 15) is 5.11 Å². The Morgan fingerprint density at radius 3 is 2.64 bits per heavy atom. The molecule has 2 unspecified atom stereocenters. The molecule has 1 aliphatic rings. The van der Waals surface area contributed by atoms with Crippen LogP contribution in [0.15, 0.2) is 0 Å². The van der Waals surface area contributed by atoms with Crippen molar-refractivity contribution in [2.45, 2.75) is 64.6 Å². The van der Waals surface area contributed by atoms with Crippen molar-refractivity contribution in [2.24, 2.45) is 5.92 Å². The zero-order valence-electron chi connectivity index (χ0n) is 9.54. The number of aliphatic hydroxyl groups excluding tert-OH is 1. The van der Waals surface area contributed by atoms with E-state index in [0.717, 1.165) is 32.3 Å². The van der Waals surface area contributed by atoms with Gasteiger partial charge in [0.1, 0.15) is 0 Å². The van der Waals surface area contributed by atoms with E-state index in [2.05, 4.69) is 13.8 Å². The van der Waals surface area contributed by atoms with Gasteiger partial charge in [0.05, 0.1) is 12.2 Å². The van der Waals surface area contributed by atoms with E-state index >= 15 is 0 Å². The van der Waals surface area contributed by atoms with Gasteiger partial charge in [0.25, 0.3) is 0 Å². The monoisotopic (exact) mass is 200 g/mol. The van der Waals surface area contributed by atoms with Crippen molar-refractivity contribution in [2.75, 3.05) is 6.61 Å². The Morgan fingerprint density at radius 1 is 1.21 bits per heavy atom. The minimum Gasteiger partial charge on any atom is -0.390 e. The molecule has 2 nitrogen and oxygen atoms in total. The van der Waals surface area contributed by atoms with Gasteiger partial charge < -0.3 is 9.84 Å². The average Bonchev–Trinajstić information content (AvgIpc) is 2.31. The summed E-state index contributed by atoms with van der Waals surface area (Å²) in [6.45, 7) is 5.21. The second kappa shape index (κ2) is 6.41. The first kappa shape index (κ1) is 12.0. The highest BCUT2D eigenvalue weighted by atomic mass is 16.5. The molecular weight excluding hydrogens is 176 g/mol. The Hall–Kier alpha value is -0.0800. The summed E-state index contributed by atoms with van der Waals surface area (Å²) in [7, 11) is 0. The highest BCUT2D eigenvalue weighted by Gasteiger charge is 2.21. The van der Waals surface area contributed by atoms with Crippen LogP contribution in [0, 0.1) is 5.92 Å². The third-order valence-electron chi connectivity index (χ3n) is 2.94. The van der Waals surface area contributed by atoms with Crippen LogP contribution in [-0.2, 0) is 4.74 Å². The van der Waals surface area contributed by atoms with Crippen molar-refractivity contribution in [3.63, 3.8) is 0 Å². The van der Waals surface area contributed by atoms with Crippen molar-refractivity contribution in [3.05, 3.63) is 0 Å². The van der Waals surface area contributed by atoms with E-state index in [1.165, 1.54) is 12.8 Å². The van der Waals surface area contributed by atoms with Crippen LogP contribution >= 0.6 is 0 Å². The van der Waals surface area contributed by atoms with Crippen molar-refractivity contribution in [3.8, 4) is 0 Å². The fourth-order valence-corrected chi connectivity index (χ4v) is 1.90. The number of hydrogen-bond acceptors (Lipinski definition) is 2. The van der Waals surface area contributed by atoms with E-state index in [-0.39, 0.29) is 12.2 Å². The number of rotatable bonds is 4. The maximum Gasteiger partial charge on any atom is 0.0833 e. The Morgan fingerprint density at radius 2 is 1.93 bits per heavy atom. The molecule has 1 saturated carbocycles. The first-order valence-electron chi connectivity index (χ1n) is 6.00. The molecule has 14 heavy (non-hydrogen) atoms. The minimum atomic E-state index is -0.218. The first-order chi connectivity index (χ1) is 6.70. The van der Waals surface area contributed by atoms with Gasteiger partial charge >= 0.3 is 0 Å². The Labute approximate surface area is 87.7 Å². The van der Waals surface area contributed by atoms with Gasteiger partial charge in [0, 0.05) is 6.61 Å². The van der Waals surface area contributed by atoms with E-state index in [1.54, 1.807) is 0 Å². The molecule has 0 spiro atoms. The SMILES string of the molecule is CC(C)CCOC1CCCCCC1O. The number of ether oxygens (including phenoxy) is 1. The highest BCUT2D eigenvalue weighted by molar-refractivity contribution is 4.73. The van der Waals surface area contributed by atoms with E-state index < -0.39 is 0 Å². The molecule has 0 heterocycles. The summed E-state index contributed by atoms with van der Waals surface area (Å²) in [6.07, 6.45) is 6.57. The summed E-state index contributed by atoms with van der Waals surface area (Å²) < 4.78 is 5.74. The molecule has 2 atom stereocenters. The second-order valence-corrected chi connectivity index (χ2v) is 4.80. The molecule has 0 aliphatic heterocycles. The maximum atomic E-state index is 9.79.